The minimum Gasteiger partial charge on any atom is -0.465 e. The zero-order chi connectivity index (χ0) is 28.2. The quantitative estimate of drug-likeness (QED) is 0.213. The SMILES string of the molecule is C=CCCOC(=O)[C@@H]1[C@H]2C(=O)N([C@@H](CO)Cc3ccccc3)C(C(=O)N(CC=C)CCCC)C23CC[C@@]1(C)S3. The van der Waals surface area contributed by atoms with Crippen molar-refractivity contribution in [2.24, 2.45) is 11.8 Å². The van der Waals surface area contributed by atoms with Crippen molar-refractivity contribution >= 4 is 29.5 Å². The van der Waals surface area contributed by atoms with Crippen molar-refractivity contribution in [2.45, 2.75) is 74.0 Å². The molecule has 0 aliphatic carbocycles. The van der Waals surface area contributed by atoms with Crippen LogP contribution in [-0.4, -0.2) is 80.6 Å². The highest BCUT2D eigenvalue weighted by molar-refractivity contribution is 8.02. The zero-order valence-corrected chi connectivity index (χ0v) is 24.0. The van der Waals surface area contributed by atoms with Gasteiger partial charge in [-0.15, -0.1) is 24.9 Å². The van der Waals surface area contributed by atoms with E-state index in [2.05, 4.69) is 20.1 Å². The number of amides is 2. The Morgan fingerprint density at radius 1 is 1.26 bits per heavy atom. The number of fused-ring (bicyclic) bond motifs is 1. The number of esters is 1. The molecule has 1 N–H and O–H groups in total. The fourth-order valence-corrected chi connectivity index (χ4v) is 9.16. The predicted molar refractivity (Wildman–Crippen MR) is 154 cm³/mol. The van der Waals surface area contributed by atoms with Crippen LogP contribution < -0.4 is 0 Å². The predicted octanol–water partition coefficient (Wildman–Crippen LogP) is 4.01. The first kappa shape index (κ1) is 29.4. The molecule has 7 nitrogen and oxygen atoms in total. The Balaban J connectivity index is 1.77. The van der Waals surface area contributed by atoms with E-state index in [-0.39, 0.29) is 31.0 Å². The topological polar surface area (TPSA) is 87.1 Å². The number of ether oxygens (including phenoxy) is 1. The molecular weight excluding hydrogens is 512 g/mol. The van der Waals surface area contributed by atoms with Crippen molar-refractivity contribution in [2.75, 3.05) is 26.3 Å². The van der Waals surface area contributed by atoms with E-state index in [1.807, 2.05) is 37.3 Å². The summed E-state index contributed by atoms with van der Waals surface area (Å²) in [6.07, 6.45) is 7.53. The summed E-state index contributed by atoms with van der Waals surface area (Å²) in [6.45, 7) is 12.6. The van der Waals surface area contributed by atoms with E-state index in [0.29, 0.717) is 32.4 Å². The lowest BCUT2D eigenvalue weighted by molar-refractivity contribution is -0.156. The van der Waals surface area contributed by atoms with E-state index in [1.54, 1.807) is 33.7 Å². The van der Waals surface area contributed by atoms with Crippen molar-refractivity contribution in [1.29, 1.82) is 0 Å². The minimum absolute atomic E-state index is 0.122. The molecule has 8 heteroatoms. The third-order valence-corrected chi connectivity index (χ3v) is 10.6. The van der Waals surface area contributed by atoms with Gasteiger partial charge in [-0.3, -0.25) is 14.4 Å². The Morgan fingerprint density at radius 2 is 2.00 bits per heavy atom. The maximum atomic E-state index is 14.4. The van der Waals surface area contributed by atoms with Crippen molar-refractivity contribution in [1.82, 2.24) is 9.80 Å². The van der Waals surface area contributed by atoms with Crippen LogP contribution in [0.15, 0.2) is 55.6 Å². The molecule has 2 amide bonds. The van der Waals surface area contributed by atoms with E-state index in [9.17, 15) is 19.5 Å². The maximum Gasteiger partial charge on any atom is 0.311 e. The van der Waals surface area contributed by atoms with Gasteiger partial charge in [0.1, 0.15) is 6.04 Å². The summed E-state index contributed by atoms with van der Waals surface area (Å²) < 4.78 is 4.40. The Morgan fingerprint density at radius 3 is 2.64 bits per heavy atom. The minimum atomic E-state index is -0.773. The Hall–Kier alpha value is -2.58. The molecule has 3 fully saturated rings. The van der Waals surface area contributed by atoms with Gasteiger partial charge in [-0.05, 0) is 44.6 Å². The molecule has 0 aromatic heterocycles. The highest BCUT2D eigenvalue weighted by Crippen LogP contribution is 2.71. The first-order valence-electron chi connectivity index (χ1n) is 14.1. The Bertz CT molecular complexity index is 1080. The lowest BCUT2D eigenvalue weighted by Gasteiger charge is -2.39. The van der Waals surface area contributed by atoms with Crippen LogP contribution in [0, 0.1) is 11.8 Å². The molecule has 1 spiro atoms. The van der Waals surface area contributed by atoms with Gasteiger partial charge < -0.3 is 19.6 Å². The molecule has 2 bridgehead atoms. The summed E-state index contributed by atoms with van der Waals surface area (Å²) in [5, 5.41) is 10.6. The van der Waals surface area contributed by atoms with Gasteiger partial charge in [-0.2, -0.15) is 0 Å². The van der Waals surface area contributed by atoms with Crippen molar-refractivity contribution in [3.8, 4) is 0 Å². The van der Waals surface area contributed by atoms with E-state index < -0.39 is 33.4 Å². The molecule has 3 saturated heterocycles. The number of carbonyl (C=O) groups excluding carboxylic acids is 3. The van der Waals surface area contributed by atoms with Crippen LogP contribution in [0.5, 0.6) is 0 Å². The Labute approximate surface area is 236 Å². The summed E-state index contributed by atoms with van der Waals surface area (Å²) in [5.74, 6) is -2.04. The largest absolute Gasteiger partial charge is 0.465 e. The number of aliphatic hydroxyl groups excluding tert-OH is 1. The standard InChI is InChI=1S/C31H42N2O5S/c1-5-8-18-32(17-7-3)28(36)26-31-16-15-30(4,39-31)25(29(37)38-19-9-6-2)24(31)27(35)33(26)23(21-34)20-22-13-11-10-12-14-22/h6-7,10-14,23-26,34H,2-3,5,8-9,15-21H2,1,4H3/t23-,24+,25+,26?,30-,31?/m1/s1. The molecule has 3 aliphatic rings. The second-order valence-electron chi connectivity index (χ2n) is 11.2. The van der Waals surface area contributed by atoms with Crippen molar-refractivity contribution in [3.63, 3.8) is 0 Å². The number of benzene rings is 1. The maximum absolute atomic E-state index is 14.4. The monoisotopic (exact) mass is 554 g/mol. The fraction of sp³-hybridized carbons (Fsp3) is 0.581. The van der Waals surface area contributed by atoms with Crippen LogP contribution in [0.4, 0.5) is 0 Å². The molecule has 2 unspecified atom stereocenters. The normalized spacial score (nSPS) is 29.7. The van der Waals surface area contributed by atoms with Crippen LogP contribution in [0.25, 0.3) is 0 Å². The highest BCUT2D eigenvalue weighted by Gasteiger charge is 2.78. The average molecular weight is 555 g/mol. The lowest BCUT2D eigenvalue weighted by Crippen LogP contribution is -2.58. The summed E-state index contributed by atoms with van der Waals surface area (Å²) in [7, 11) is 0. The molecule has 3 heterocycles. The number of unbranched alkanes of at least 4 members (excludes halogenated alkanes) is 1. The number of rotatable bonds is 14. The second kappa shape index (κ2) is 12.3. The van der Waals surface area contributed by atoms with Gasteiger partial charge in [-0.25, -0.2) is 0 Å². The lowest BCUT2D eigenvalue weighted by atomic mass is 9.66. The zero-order valence-electron chi connectivity index (χ0n) is 23.2. The van der Waals surface area contributed by atoms with Gasteiger partial charge in [0, 0.05) is 17.8 Å². The van der Waals surface area contributed by atoms with Crippen LogP contribution in [0.1, 0.15) is 51.5 Å². The van der Waals surface area contributed by atoms with Gasteiger partial charge in [0.15, 0.2) is 0 Å². The van der Waals surface area contributed by atoms with Crippen LogP contribution >= 0.6 is 11.8 Å². The number of hydrogen-bond donors (Lipinski definition) is 1. The summed E-state index contributed by atoms with van der Waals surface area (Å²) in [4.78, 5) is 45.8. The van der Waals surface area contributed by atoms with Gasteiger partial charge in [0.05, 0.1) is 35.8 Å². The first-order valence-corrected chi connectivity index (χ1v) is 14.9. The number of aliphatic hydroxyl groups is 1. The van der Waals surface area contributed by atoms with E-state index in [0.717, 1.165) is 24.8 Å². The molecule has 0 saturated carbocycles. The van der Waals surface area contributed by atoms with E-state index in [1.165, 1.54) is 0 Å². The summed E-state index contributed by atoms with van der Waals surface area (Å²) in [6, 6.07) is 8.34. The molecule has 1 aromatic carbocycles. The van der Waals surface area contributed by atoms with Gasteiger partial charge >= 0.3 is 5.97 Å². The average Bonchev–Trinajstić information content (AvgIpc) is 3.50. The number of nitrogens with zero attached hydrogens (tertiary/aromatic N) is 2. The summed E-state index contributed by atoms with van der Waals surface area (Å²) in [5.41, 5.74) is 0.975. The number of thioether (sulfide) groups is 1. The fourth-order valence-electron chi connectivity index (χ4n) is 6.83. The first-order chi connectivity index (χ1) is 18.8. The van der Waals surface area contributed by atoms with E-state index >= 15 is 0 Å². The molecule has 4 rings (SSSR count). The van der Waals surface area contributed by atoms with Crippen LogP contribution in [-0.2, 0) is 25.5 Å². The smallest absolute Gasteiger partial charge is 0.311 e. The number of hydrogen-bond acceptors (Lipinski definition) is 6. The third-order valence-electron chi connectivity index (χ3n) is 8.63. The van der Waals surface area contributed by atoms with Crippen molar-refractivity contribution < 1.29 is 24.2 Å². The van der Waals surface area contributed by atoms with Gasteiger partial charge in [0.25, 0.3) is 0 Å². The summed E-state index contributed by atoms with van der Waals surface area (Å²) >= 11 is 1.63. The molecule has 6 atom stereocenters. The molecule has 39 heavy (non-hydrogen) atoms. The number of carbonyl (C=O) groups is 3. The highest BCUT2D eigenvalue weighted by atomic mass is 32.2. The van der Waals surface area contributed by atoms with Gasteiger partial charge in [-0.1, -0.05) is 55.8 Å². The van der Waals surface area contributed by atoms with E-state index in [4.69, 9.17) is 4.74 Å². The molecule has 212 valence electrons. The number of likely N-dealkylation sites (tertiary alicyclic amines) is 1. The molecule has 0 radical (unpaired) electrons. The Kier molecular flexibility index (Phi) is 9.27. The van der Waals surface area contributed by atoms with Gasteiger partial charge in [0.2, 0.25) is 11.8 Å². The van der Waals surface area contributed by atoms with Crippen LogP contribution in [0.2, 0.25) is 0 Å². The molecule has 3 aliphatic heterocycles. The van der Waals surface area contributed by atoms with Crippen molar-refractivity contribution in [3.05, 3.63) is 61.2 Å². The second-order valence-corrected chi connectivity index (χ2v) is 13.1. The van der Waals surface area contributed by atoms with Crippen LogP contribution in [0.3, 0.4) is 0 Å². The third kappa shape index (κ3) is 5.30. The molecule has 1 aromatic rings. The molecular formula is C31H42N2O5S.